The largest absolute Gasteiger partial charge is 0.496 e. The standard InChI is InChI=1S/C20H25N3O4/c1-14-12-18(22-27-14)21-19(24)13-23(15-8-4-3-5-9-15)20(25)16-10-6-7-11-17(16)26-2/h6-7,10-12,15H,3-5,8-9,13H2,1-2H3,(H,21,22,24). The second kappa shape index (κ2) is 8.70. The molecule has 0 unspecified atom stereocenters. The summed E-state index contributed by atoms with van der Waals surface area (Å²) >= 11 is 0. The molecule has 2 amide bonds. The summed E-state index contributed by atoms with van der Waals surface area (Å²) in [6, 6.07) is 8.79. The van der Waals surface area contributed by atoms with Gasteiger partial charge in [0.05, 0.1) is 12.7 Å². The van der Waals surface area contributed by atoms with Crippen LogP contribution < -0.4 is 10.1 Å². The lowest BCUT2D eigenvalue weighted by Crippen LogP contribution is -2.45. The van der Waals surface area contributed by atoms with E-state index >= 15 is 0 Å². The van der Waals surface area contributed by atoms with Crippen molar-refractivity contribution in [1.29, 1.82) is 0 Å². The number of hydrogen-bond acceptors (Lipinski definition) is 5. The highest BCUT2D eigenvalue weighted by Crippen LogP contribution is 2.26. The normalized spacial score (nSPS) is 14.6. The molecule has 0 bridgehead atoms. The van der Waals surface area contributed by atoms with Crippen LogP contribution in [0.3, 0.4) is 0 Å². The second-order valence-electron chi connectivity index (χ2n) is 6.80. The van der Waals surface area contributed by atoms with Crippen LogP contribution in [0.15, 0.2) is 34.9 Å². The molecule has 0 saturated heterocycles. The Hall–Kier alpha value is -2.83. The molecule has 7 heteroatoms. The molecule has 1 fully saturated rings. The summed E-state index contributed by atoms with van der Waals surface area (Å²) in [7, 11) is 1.54. The Balaban J connectivity index is 1.79. The van der Waals surface area contributed by atoms with Crippen LogP contribution in [0.5, 0.6) is 5.75 Å². The van der Waals surface area contributed by atoms with E-state index in [1.165, 1.54) is 7.11 Å². The molecule has 144 valence electrons. The van der Waals surface area contributed by atoms with Crippen LogP contribution >= 0.6 is 0 Å². The predicted molar refractivity (Wildman–Crippen MR) is 101 cm³/mol. The SMILES string of the molecule is COc1ccccc1C(=O)N(CC(=O)Nc1cc(C)on1)C1CCCCC1. The first-order chi connectivity index (χ1) is 13.1. The van der Waals surface area contributed by atoms with Gasteiger partial charge in [-0.1, -0.05) is 36.6 Å². The fraction of sp³-hybridized carbons (Fsp3) is 0.450. The maximum absolute atomic E-state index is 13.2. The van der Waals surface area contributed by atoms with Crippen LogP contribution in [0.25, 0.3) is 0 Å². The van der Waals surface area contributed by atoms with Crippen LogP contribution in [0, 0.1) is 6.92 Å². The van der Waals surface area contributed by atoms with Crippen molar-refractivity contribution in [3.8, 4) is 5.75 Å². The van der Waals surface area contributed by atoms with Crippen LogP contribution in [0.1, 0.15) is 48.2 Å². The monoisotopic (exact) mass is 371 g/mol. The Labute approximate surface area is 158 Å². The second-order valence-corrected chi connectivity index (χ2v) is 6.80. The number of benzene rings is 1. The van der Waals surface area contributed by atoms with Gasteiger partial charge in [0, 0.05) is 12.1 Å². The van der Waals surface area contributed by atoms with Gasteiger partial charge in [-0.3, -0.25) is 9.59 Å². The van der Waals surface area contributed by atoms with Crippen molar-refractivity contribution in [1.82, 2.24) is 10.1 Å². The Morgan fingerprint density at radius 1 is 1.26 bits per heavy atom. The molecule has 1 aliphatic carbocycles. The van der Waals surface area contributed by atoms with Gasteiger partial charge in [-0.15, -0.1) is 0 Å². The third-order valence-corrected chi connectivity index (χ3v) is 4.82. The molecule has 1 aliphatic rings. The van der Waals surface area contributed by atoms with Gasteiger partial charge in [0.1, 0.15) is 18.1 Å². The molecule has 0 radical (unpaired) electrons. The number of aromatic nitrogens is 1. The summed E-state index contributed by atoms with van der Waals surface area (Å²) < 4.78 is 10.3. The minimum Gasteiger partial charge on any atom is -0.496 e. The first-order valence-corrected chi connectivity index (χ1v) is 9.25. The lowest BCUT2D eigenvalue weighted by molar-refractivity contribution is -0.117. The van der Waals surface area contributed by atoms with Crippen molar-refractivity contribution in [2.24, 2.45) is 0 Å². The van der Waals surface area contributed by atoms with Crippen molar-refractivity contribution in [2.75, 3.05) is 19.0 Å². The zero-order chi connectivity index (χ0) is 19.2. The lowest BCUT2D eigenvalue weighted by Gasteiger charge is -2.34. The molecule has 2 aromatic rings. The number of hydrogen-bond donors (Lipinski definition) is 1. The fourth-order valence-corrected chi connectivity index (χ4v) is 3.50. The number of rotatable bonds is 6. The predicted octanol–water partition coefficient (Wildman–Crippen LogP) is 3.41. The molecule has 1 saturated carbocycles. The van der Waals surface area contributed by atoms with Gasteiger partial charge < -0.3 is 19.5 Å². The summed E-state index contributed by atoms with van der Waals surface area (Å²) in [5.41, 5.74) is 0.468. The van der Waals surface area contributed by atoms with Gasteiger partial charge in [-0.2, -0.15) is 0 Å². The van der Waals surface area contributed by atoms with E-state index in [0.717, 1.165) is 32.1 Å². The average Bonchev–Trinajstić information content (AvgIpc) is 3.10. The summed E-state index contributed by atoms with van der Waals surface area (Å²) in [5.74, 6) is 0.990. The minimum atomic E-state index is -0.294. The maximum atomic E-state index is 13.2. The molecule has 1 heterocycles. The quantitative estimate of drug-likeness (QED) is 0.841. The molecule has 0 atom stereocenters. The third kappa shape index (κ3) is 4.67. The number of amides is 2. The molecule has 27 heavy (non-hydrogen) atoms. The van der Waals surface area contributed by atoms with Gasteiger partial charge in [0.2, 0.25) is 5.91 Å². The summed E-state index contributed by atoms with van der Waals surface area (Å²) in [4.78, 5) is 27.5. The highest BCUT2D eigenvalue weighted by Gasteiger charge is 2.29. The van der Waals surface area contributed by atoms with Crippen molar-refractivity contribution >= 4 is 17.6 Å². The van der Waals surface area contributed by atoms with Gasteiger partial charge in [-0.25, -0.2) is 0 Å². The van der Waals surface area contributed by atoms with E-state index in [2.05, 4.69) is 10.5 Å². The molecule has 0 spiro atoms. The van der Waals surface area contributed by atoms with E-state index in [-0.39, 0.29) is 24.4 Å². The molecule has 3 rings (SSSR count). The average molecular weight is 371 g/mol. The number of nitrogens with one attached hydrogen (secondary N) is 1. The van der Waals surface area contributed by atoms with Crippen molar-refractivity contribution in [3.05, 3.63) is 41.7 Å². The zero-order valence-electron chi connectivity index (χ0n) is 15.7. The smallest absolute Gasteiger partial charge is 0.258 e. The number of aryl methyl sites for hydroxylation is 1. The van der Waals surface area contributed by atoms with Crippen LogP contribution in [-0.4, -0.2) is 41.6 Å². The fourth-order valence-electron chi connectivity index (χ4n) is 3.50. The first-order valence-electron chi connectivity index (χ1n) is 9.25. The van der Waals surface area contributed by atoms with E-state index in [9.17, 15) is 9.59 Å². The van der Waals surface area contributed by atoms with E-state index in [4.69, 9.17) is 9.26 Å². The number of methoxy groups -OCH3 is 1. The van der Waals surface area contributed by atoms with Crippen molar-refractivity contribution < 1.29 is 18.8 Å². The highest BCUT2D eigenvalue weighted by molar-refractivity contribution is 6.00. The summed E-state index contributed by atoms with van der Waals surface area (Å²) in [6.07, 6.45) is 5.08. The third-order valence-electron chi connectivity index (χ3n) is 4.82. The number of anilines is 1. The molecular weight excluding hydrogens is 346 g/mol. The number of para-hydroxylation sites is 1. The lowest BCUT2D eigenvalue weighted by atomic mass is 9.93. The van der Waals surface area contributed by atoms with Gasteiger partial charge in [0.25, 0.3) is 5.91 Å². The Morgan fingerprint density at radius 2 is 2.00 bits per heavy atom. The van der Waals surface area contributed by atoms with Crippen molar-refractivity contribution in [2.45, 2.75) is 45.1 Å². The van der Waals surface area contributed by atoms with E-state index in [1.54, 1.807) is 36.1 Å². The molecule has 1 aromatic carbocycles. The van der Waals surface area contributed by atoms with Crippen LogP contribution in [0.2, 0.25) is 0 Å². The van der Waals surface area contributed by atoms with E-state index < -0.39 is 0 Å². The van der Waals surface area contributed by atoms with Crippen molar-refractivity contribution in [3.63, 3.8) is 0 Å². The molecular formula is C20H25N3O4. The number of nitrogens with zero attached hydrogens (tertiary/aromatic N) is 2. The zero-order valence-corrected chi connectivity index (χ0v) is 15.7. The molecule has 7 nitrogen and oxygen atoms in total. The van der Waals surface area contributed by atoms with E-state index in [0.29, 0.717) is 22.9 Å². The highest BCUT2D eigenvalue weighted by atomic mass is 16.5. The number of ether oxygens (including phenoxy) is 1. The first kappa shape index (κ1) is 18.9. The number of carbonyl (C=O) groups excluding carboxylic acids is 2. The van der Waals surface area contributed by atoms with Gasteiger partial charge in [0.15, 0.2) is 5.82 Å². The van der Waals surface area contributed by atoms with Gasteiger partial charge >= 0.3 is 0 Å². The Bertz CT molecular complexity index is 796. The van der Waals surface area contributed by atoms with Gasteiger partial charge in [-0.05, 0) is 31.9 Å². The molecule has 1 N–H and O–H groups in total. The minimum absolute atomic E-state index is 0.0343. The maximum Gasteiger partial charge on any atom is 0.258 e. The topological polar surface area (TPSA) is 84.7 Å². The summed E-state index contributed by atoms with van der Waals surface area (Å²) in [5, 5.41) is 6.47. The molecule has 0 aliphatic heterocycles. The van der Waals surface area contributed by atoms with Crippen LogP contribution in [0.4, 0.5) is 5.82 Å². The Morgan fingerprint density at radius 3 is 2.67 bits per heavy atom. The van der Waals surface area contributed by atoms with Crippen LogP contribution in [-0.2, 0) is 4.79 Å². The van der Waals surface area contributed by atoms with E-state index in [1.807, 2.05) is 6.07 Å². The number of carbonyl (C=O) groups is 2. The summed E-state index contributed by atoms with van der Waals surface area (Å²) in [6.45, 7) is 1.72. The molecule has 1 aromatic heterocycles. The Kier molecular flexibility index (Phi) is 6.11.